The Bertz CT molecular complexity index is 367. The van der Waals surface area contributed by atoms with E-state index in [0.29, 0.717) is 17.6 Å². The number of aliphatic hydroxyl groups is 1. The molecule has 1 N–H and O–H groups in total. The van der Waals surface area contributed by atoms with Crippen molar-refractivity contribution in [3.8, 4) is 5.75 Å². The number of hydrogen-bond acceptors (Lipinski definition) is 3. The van der Waals surface area contributed by atoms with E-state index < -0.39 is 0 Å². The Labute approximate surface area is 82.6 Å². The molecule has 0 atom stereocenters. The summed E-state index contributed by atoms with van der Waals surface area (Å²) in [6.07, 6.45) is 1.38. The smallest absolute Gasteiger partial charge is 0.153 e. The summed E-state index contributed by atoms with van der Waals surface area (Å²) in [5.41, 5.74) is 1.82. The highest BCUT2D eigenvalue weighted by atomic mass is 16.5. The highest BCUT2D eigenvalue weighted by Crippen LogP contribution is 2.25. The van der Waals surface area contributed by atoms with E-state index >= 15 is 0 Å². The molecule has 0 aliphatic rings. The second kappa shape index (κ2) is 4.46. The topological polar surface area (TPSA) is 46.5 Å². The Kier molecular flexibility index (Phi) is 3.29. The van der Waals surface area contributed by atoms with Crippen molar-refractivity contribution in [2.75, 3.05) is 7.11 Å². The van der Waals surface area contributed by atoms with Crippen molar-refractivity contribution in [3.63, 3.8) is 0 Å². The number of benzene rings is 1. The summed E-state index contributed by atoms with van der Waals surface area (Å²) in [6, 6.07) is 5.43. The Balaban J connectivity index is 3.29. The maximum absolute atomic E-state index is 10.6. The average molecular weight is 192 g/mol. The van der Waals surface area contributed by atoms with Gasteiger partial charge in [-0.15, -0.1) is 0 Å². The predicted molar refractivity (Wildman–Crippen MR) is 54.4 cm³/mol. The normalized spacial score (nSPS) is 11.1. The molecule has 1 aromatic rings. The molecule has 0 aliphatic carbocycles. The molecule has 0 saturated heterocycles. The third-order valence-corrected chi connectivity index (χ3v) is 1.93. The molecule has 0 aromatic heterocycles. The Hall–Kier alpha value is -1.77. The monoisotopic (exact) mass is 192 g/mol. The third-order valence-electron chi connectivity index (χ3n) is 1.93. The van der Waals surface area contributed by atoms with Crippen LogP contribution in [0.15, 0.2) is 24.5 Å². The molecule has 0 radical (unpaired) electrons. The van der Waals surface area contributed by atoms with E-state index in [1.54, 1.807) is 12.1 Å². The van der Waals surface area contributed by atoms with Crippen LogP contribution in [0.4, 0.5) is 0 Å². The molecule has 0 unspecified atom stereocenters. The van der Waals surface area contributed by atoms with Gasteiger partial charge in [0.1, 0.15) is 5.75 Å². The van der Waals surface area contributed by atoms with E-state index in [-0.39, 0.29) is 5.57 Å². The quantitative estimate of drug-likeness (QED) is 0.453. The first kappa shape index (κ1) is 10.3. The van der Waals surface area contributed by atoms with Gasteiger partial charge in [-0.25, -0.2) is 0 Å². The van der Waals surface area contributed by atoms with Gasteiger partial charge >= 0.3 is 0 Å². The van der Waals surface area contributed by atoms with Crippen molar-refractivity contribution < 1.29 is 14.6 Å². The van der Waals surface area contributed by atoms with E-state index in [1.165, 1.54) is 7.11 Å². The fourth-order valence-corrected chi connectivity index (χ4v) is 1.21. The summed E-state index contributed by atoms with van der Waals surface area (Å²) < 4.78 is 5.07. The molecule has 14 heavy (non-hydrogen) atoms. The Morgan fingerprint density at radius 3 is 2.71 bits per heavy atom. The molecular weight excluding hydrogens is 180 g/mol. The number of methoxy groups -OCH3 is 1. The molecule has 0 bridgehead atoms. The first-order valence-corrected chi connectivity index (χ1v) is 4.17. The summed E-state index contributed by atoms with van der Waals surface area (Å²) >= 11 is 0. The molecule has 3 heteroatoms. The SMILES string of the molecule is COc1ccc(C)cc1/C(C=O)=C/O. The van der Waals surface area contributed by atoms with Crippen LogP contribution in [0.5, 0.6) is 5.75 Å². The average Bonchev–Trinajstić information content (AvgIpc) is 2.20. The van der Waals surface area contributed by atoms with Gasteiger partial charge in [-0.05, 0) is 19.1 Å². The lowest BCUT2D eigenvalue weighted by molar-refractivity contribution is -0.103. The second-order valence-corrected chi connectivity index (χ2v) is 2.91. The molecule has 0 amide bonds. The number of aliphatic hydroxyl groups excluding tert-OH is 1. The van der Waals surface area contributed by atoms with Crippen LogP contribution in [0.1, 0.15) is 11.1 Å². The summed E-state index contributed by atoms with van der Waals surface area (Å²) in [7, 11) is 1.52. The number of rotatable bonds is 3. The van der Waals surface area contributed by atoms with Crippen molar-refractivity contribution >= 4 is 11.9 Å². The fourth-order valence-electron chi connectivity index (χ4n) is 1.21. The van der Waals surface area contributed by atoms with E-state index in [4.69, 9.17) is 9.84 Å². The fraction of sp³-hybridized carbons (Fsp3) is 0.182. The zero-order valence-corrected chi connectivity index (χ0v) is 8.15. The van der Waals surface area contributed by atoms with Gasteiger partial charge in [-0.2, -0.15) is 0 Å². The predicted octanol–water partition coefficient (Wildman–Crippen LogP) is 2.10. The molecule has 0 spiro atoms. The highest BCUT2D eigenvalue weighted by molar-refractivity contribution is 6.07. The maximum atomic E-state index is 10.6. The first-order valence-electron chi connectivity index (χ1n) is 4.17. The summed E-state index contributed by atoms with van der Waals surface area (Å²) in [4.78, 5) is 10.6. The minimum Gasteiger partial charge on any atom is -0.515 e. The van der Waals surface area contributed by atoms with Crippen LogP contribution >= 0.6 is 0 Å². The summed E-state index contributed by atoms with van der Waals surface area (Å²) in [6.45, 7) is 1.91. The van der Waals surface area contributed by atoms with Crippen LogP contribution in [0, 0.1) is 6.92 Å². The maximum Gasteiger partial charge on any atom is 0.153 e. The molecular formula is C11H12O3. The van der Waals surface area contributed by atoms with Crippen LogP contribution in [0.25, 0.3) is 5.57 Å². The van der Waals surface area contributed by atoms with Crippen LogP contribution in [0.3, 0.4) is 0 Å². The highest BCUT2D eigenvalue weighted by Gasteiger charge is 2.07. The molecule has 0 heterocycles. The van der Waals surface area contributed by atoms with Crippen LogP contribution in [-0.4, -0.2) is 18.5 Å². The number of hydrogen-bond donors (Lipinski definition) is 1. The lowest BCUT2D eigenvalue weighted by Gasteiger charge is -2.07. The first-order chi connectivity index (χ1) is 6.72. The van der Waals surface area contributed by atoms with Gasteiger partial charge in [0.2, 0.25) is 0 Å². The van der Waals surface area contributed by atoms with Gasteiger partial charge in [0.05, 0.1) is 18.9 Å². The number of carbonyl (C=O) groups is 1. The van der Waals surface area contributed by atoms with E-state index in [2.05, 4.69) is 0 Å². The molecule has 1 rings (SSSR count). The van der Waals surface area contributed by atoms with Gasteiger partial charge in [-0.1, -0.05) is 11.6 Å². The molecule has 0 aliphatic heterocycles. The standard InChI is InChI=1S/C11H12O3/c1-8-3-4-11(14-2)10(5-8)9(6-12)7-13/h3-7,12H,1-2H3/b9-6+. The molecule has 74 valence electrons. The number of aryl methyl sites for hydroxylation is 1. The number of aldehydes is 1. The molecule has 0 saturated carbocycles. The van der Waals surface area contributed by atoms with E-state index in [0.717, 1.165) is 11.8 Å². The number of ether oxygens (including phenoxy) is 1. The van der Waals surface area contributed by atoms with Crippen molar-refractivity contribution in [3.05, 3.63) is 35.6 Å². The second-order valence-electron chi connectivity index (χ2n) is 2.91. The van der Waals surface area contributed by atoms with Crippen LogP contribution in [0.2, 0.25) is 0 Å². The van der Waals surface area contributed by atoms with Gasteiger partial charge in [0.25, 0.3) is 0 Å². The van der Waals surface area contributed by atoms with Crippen LogP contribution < -0.4 is 4.74 Å². The minimum atomic E-state index is 0.213. The lowest BCUT2D eigenvalue weighted by atomic mass is 10.0. The van der Waals surface area contributed by atoms with Gasteiger partial charge < -0.3 is 9.84 Å². The van der Waals surface area contributed by atoms with E-state index in [1.807, 2.05) is 13.0 Å². The zero-order chi connectivity index (χ0) is 10.6. The number of carbonyl (C=O) groups excluding carboxylic acids is 1. The number of allylic oxidation sites excluding steroid dienone is 1. The third kappa shape index (κ3) is 1.93. The van der Waals surface area contributed by atoms with Crippen molar-refractivity contribution in [2.45, 2.75) is 6.92 Å². The summed E-state index contributed by atoms with van der Waals surface area (Å²) in [5, 5.41) is 8.84. The van der Waals surface area contributed by atoms with Crippen molar-refractivity contribution in [2.24, 2.45) is 0 Å². The van der Waals surface area contributed by atoms with Crippen molar-refractivity contribution in [1.82, 2.24) is 0 Å². The zero-order valence-electron chi connectivity index (χ0n) is 8.15. The van der Waals surface area contributed by atoms with Crippen molar-refractivity contribution in [1.29, 1.82) is 0 Å². The Morgan fingerprint density at radius 2 is 2.21 bits per heavy atom. The van der Waals surface area contributed by atoms with Gasteiger partial charge in [0, 0.05) is 5.56 Å². The minimum absolute atomic E-state index is 0.213. The van der Waals surface area contributed by atoms with E-state index in [9.17, 15) is 4.79 Å². The summed E-state index contributed by atoms with van der Waals surface area (Å²) in [5.74, 6) is 0.572. The van der Waals surface area contributed by atoms with Crippen LogP contribution in [-0.2, 0) is 4.79 Å². The molecule has 0 fully saturated rings. The lowest BCUT2D eigenvalue weighted by Crippen LogP contribution is -1.93. The molecule has 3 nitrogen and oxygen atoms in total. The van der Waals surface area contributed by atoms with Gasteiger partial charge in [0.15, 0.2) is 6.29 Å². The molecule has 1 aromatic carbocycles. The largest absolute Gasteiger partial charge is 0.515 e. The van der Waals surface area contributed by atoms with Gasteiger partial charge in [-0.3, -0.25) is 4.79 Å². The Morgan fingerprint density at radius 1 is 1.50 bits per heavy atom.